The molecule has 0 heterocycles. The molecule has 0 amide bonds. The third-order valence-electron chi connectivity index (χ3n) is 5.19. The largest absolute Gasteiger partial charge is 0.399 e. The first-order valence-corrected chi connectivity index (χ1v) is 9.36. The molecule has 0 atom stereocenters. The van der Waals surface area contributed by atoms with E-state index < -0.39 is 0 Å². The fourth-order valence-electron chi connectivity index (χ4n) is 3.70. The summed E-state index contributed by atoms with van der Waals surface area (Å²) in [6, 6.07) is 11.7. The topological polar surface area (TPSA) is 63.4 Å². The number of nitrogens with two attached hydrogens (primary N) is 1. The smallest absolute Gasteiger partial charge is 0.163 e. The molecule has 2 N–H and O–H groups in total. The van der Waals surface area contributed by atoms with Crippen molar-refractivity contribution >= 4 is 22.9 Å². The van der Waals surface area contributed by atoms with Crippen LogP contribution in [0.25, 0.3) is 0 Å². The summed E-state index contributed by atoms with van der Waals surface area (Å²) in [4.78, 5) is 24.9. The van der Waals surface area contributed by atoms with E-state index >= 15 is 0 Å². The van der Waals surface area contributed by atoms with Gasteiger partial charge in [-0.2, -0.15) is 0 Å². The van der Waals surface area contributed by atoms with Gasteiger partial charge in [0.05, 0.1) is 0 Å². The molecule has 0 saturated carbocycles. The lowest BCUT2D eigenvalue weighted by Crippen LogP contribution is -2.21. The quantitative estimate of drug-likeness (QED) is 0.848. The van der Waals surface area contributed by atoms with Gasteiger partial charge in [0.25, 0.3) is 0 Å². The first-order valence-electron chi connectivity index (χ1n) is 9.36. The predicted molar refractivity (Wildman–Crippen MR) is 106 cm³/mol. The van der Waals surface area contributed by atoms with Crippen LogP contribution in [0.4, 0.5) is 11.4 Å². The van der Waals surface area contributed by atoms with Crippen molar-refractivity contribution < 1.29 is 9.59 Å². The van der Waals surface area contributed by atoms with Crippen molar-refractivity contribution in [1.82, 2.24) is 0 Å². The second kappa shape index (κ2) is 7.73. The molecule has 0 saturated heterocycles. The van der Waals surface area contributed by atoms with Gasteiger partial charge in [-0.25, -0.2) is 0 Å². The molecule has 0 aromatic heterocycles. The van der Waals surface area contributed by atoms with Crippen LogP contribution in [0, 0.1) is 0 Å². The fraction of sp³-hybridized carbons (Fsp3) is 0.364. The number of anilines is 2. The van der Waals surface area contributed by atoms with E-state index in [0.717, 1.165) is 48.3 Å². The van der Waals surface area contributed by atoms with Gasteiger partial charge in [0, 0.05) is 48.4 Å². The van der Waals surface area contributed by atoms with Gasteiger partial charge in [0.15, 0.2) is 11.6 Å². The lowest BCUT2D eigenvalue weighted by atomic mass is 10.1. The Morgan fingerprint density at radius 3 is 1.92 bits per heavy atom. The molecule has 2 aliphatic rings. The van der Waals surface area contributed by atoms with E-state index in [4.69, 9.17) is 5.73 Å². The van der Waals surface area contributed by atoms with Gasteiger partial charge in [-0.1, -0.05) is 0 Å². The minimum atomic E-state index is 0.250. The van der Waals surface area contributed by atoms with Crippen molar-refractivity contribution in [3.8, 4) is 0 Å². The Bertz CT molecular complexity index is 838. The van der Waals surface area contributed by atoms with E-state index in [2.05, 4.69) is 30.9 Å². The Kier molecular flexibility index (Phi) is 5.40. The number of benzene rings is 2. The van der Waals surface area contributed by atoms with Crippen LogP contribution in [0.15, 0.2) is 36.4 Å². The number of rotatable bonds is 3. The highest BCUT2D eigenvalue weighted by Crippen LogP contribution is 2.26. The number of nitrogens with zero attached hydrogens (tertiary/aromatic N) is 1. The monoisotopic (exact) mass is 350 g/mol. The summed E-state index contributed by atoms with van der Waals surface area (Å²) >= 11 is 0. The molecule has 26 heavy (non-hydrogen) atoms. The SMILES string of the molecule is CCN(CC)c1ccc2c(c1)CCC2=O.Nc1ccc2c(c1)CCC2=O. The number of aryl methyl sites for hydroxylation is 2. The average molecular weight is 350 g/mol. The van der Waals surface area contributed by atoms with E-state index in [9.17, 15) is 9.59 Å². The van der Waals surface area contributed by atoms with Gasteiger partial charge in [-0.15, -0.1) is 0 Å². The van der Waals surface area contributed by atoms with Gasteiger partial charge in [0.1, 0.15) is 0 Å². The molecular weight excluding hydrogens is 324 g/mol. The molecule has 0 spiro atoms. The summed E-state index contributed by atoms with van der Waals surface area (Å²) < 4.78 is 0. The van der Waals surface area contributed by atoms with Crippen LogP contribution in [0.5, 0.6) is 0 Å². The normalized spacial score (nSPS) is 14.5. The van der Waals surface area contributed by atoms with Crippen LogP contribution in [0.3, 0.4) is 0 Å². The lowest BCUT2D eigenvalue weighted by molar-refractivity contribution is 0.0986. The van der Waals surface area contributed by atoms with Crippen LogP contribution in [0.1, 0.15) is 58.5 Å². The van der Waals surface area contributed by atoms with Crippen LogP contribution in [-0.2, 0) is 12.8 Å². The summed E-state index contributed by atoms with van der Waals surface area (Å²) in [6.45, 7) is 6.34. The maximum Gasteiger partial charge on any atom is 0.163 e. The van der Waals surface area contributed by atoms with Crippen LogP contribution in [-0.4, -0.2) is 24.7 Å². The van der Waals surface area contributed by atoms with Crippen molar-refractivity contribution in [2.75, 3.05) is 23.7 Å². The summed E-state index contributed by atoms with van der Waals surface area (Å²) in [5, 5.41) is 0. The molecule has 0 unspecified atom stereocenters. The summed E-state index contributed by atoms with van der Waals surface area (Å²) in [5.74, 6) is 0.552. The minimum Gasteiger partial charge on any atom is -0.399 e. The second-order valence-electron chi connectivity index (χ2n) is 6.78. The van der Waals surface area contributed by atoms with Crippen molar-refractivity contribution in [2.24, 2.45) is 0 Å². The highest BCUT2D eigenvalue weighted by molar-refractivity contribution is 6.01. The molecule has 0 radical (unpaired) electrons. The van der Waals surface area contributed by atoms with Crippen molar-refractivity contribution in [3.63, 3.8) is 0 Å². The number of carbonyl (C=O) groups excluding carboxylic acids is 2. The zero-order valence-electron chi connectivity index (χ0n) is 15.5. The van der Waals surface area contributed by atoms with E-state index in [-0.39, 0.29) is 5.78 Å². The highest BCUT2D eigenvalue weighted by Gasteiger charge is 2.20. The van der Waals surface area contributed by atoms with E-state index in [1.54, 1.807) is 6.07 Å². The molecule has 136 valence electrons. The van der Waals surface area contributed by atoms with E-state index in [0.29, 0.717) is 18.6 Å². The van der Waals surface area contributed by atoms with E-state index in [1.165, 1.54) is 11.3 Å². The number of Topliss-reactive ketones (excluding diaryl/α,β-unsaturated/α-hetero) is 2. The minimum absolute atomic E-state index is 0.250. The molecule has 0 fully saturated rings. The number of fused-ring (bicyclic) bond motifs is 2. The molecule has 2 aromatic rings. The van der Waals surface area contributed by atoms with Gasteiger partial charge >= 0.3 is 0 Å². The highest BCUT2D eigenvalue weighted by atomic mass is 16.1. The number of carbonyl (C=O) groups is 2. The molecule has 0 aliphatic heterocycles. The van der Waals surface area contributed by atoms with Gasteiger partial charge in [0.2, 0.25) is 0 Å². The number of hydrogen-bond donors (Lipinski definition) is 1. The molecule has 4 rings (SSSR count). The van der Waals surface area contributed by atoms with Gasteiger partial charge < -0.3 is 10.6 Å². The fourth-order valence-corrected chi connectivity index (χ4v) is 3.70. The third kappa shape index (κ3) is 3.64. The van der Waals surface area contributed by atoms with Crippen LogP contribution in [0.2, 0.25) is 0 Å². The van der Waals surface area contributed by atoms with Gasteiger partial charge in [-0.3, -0.25) is 9.59 Å². The average Bonchev–Trinajstić information content (AvgIpc) is 3.19. The third-order valence-corrected chi connectivity index (χ3v) is 5.19. The number of ketones is 2. The molecular formula is C22H26N2O2. The number of nitrogen functional groups attached to an aromatic ring is 1. The Balaban J connectivity index is 0.000000158. The summed E-state index contributed by atoms with van der Waals surface area (Å²) in [5.41, 5.74) is 11.7. The standard InChI is InChI=1S/C13H17NO.C9H9NO/c1-3-14(4-2)11-6-7-12-10(9-11)5-8-13(12)15;10-7-2-3-8-6(5-7)1-4-9(8)11/h6-7,9H,3-5,8H2,1-2H3;2-3,5H,1,4,10H2. The first-order chi connectivity index (χ1) is 12.5. The Labute approximate surface area is 155 Å². The zero-order chi connectivity index (χ0) is 18.7. The summed E-state index contributed by atoms with van der Waals surface area (Å²) in [7, 11) is 0. The van der Waals surface area contributed by atoms with Crippen LogP contribution >= 0.6 is 0 Å². The maximum absolute atomic E-state index is 11.5. The van der Waals surface area contributed by atoms with Crippen molar-refractivity contribution in [3.05, 3.63) is 58.7 Å². The molecule has 2 aliphatic carbocycles. The lowest BCUT2D eigenvalue weighted by Gasteiger charge is -2.21. The predicted octanol–water partition coefficient (Wildman–Crippen LogP) is 4.06. The first kappa shape index (κ1) is 18.2. The van der Waals surface area contributed by atoms with Crippen molar-refractivity contribution in [1.29, 1.82) is 0 Å². The zero-order valence-corrected chi connectivity index (χ0v) is 15.5. The Morgan fingerprint density at radius 1 is 0.808 bits per heavy atom. The summed E-state index contributed by atoms with van der Waals surface area (Å²) in [6.07, 6.45) is 3.12. The number of hydrogen-bond acceptors (Lipinski definition) is 4. The maximum atomic E-state index is 11.5. The van der Waals surface area contributed by atoms with E-state index in [1.807, 2.05) is 18.2 Å². The second-order valence-corrected chi connectivity index (χ2v) is 6.78. The molecule has 0 bridgehead atoms. The Hall–Kier alpha value is -2.62. The Morgan fingerprint density at radius 2 is 1.35 bits per heavy atom. The molecule has 2 aromatic carbocycles. The molecule has 4 nitrogen and oxygen atoms in total. The van der Waals surface area contributed by atoms with Gasteiger partial charge in [-0.05, 0) is 74.2 Å². The van der Waals surface area contributed by atoms with Crippen LogP contribution < -0.4 is 10.6 Å². The molecule has 4 heteroatoms. The van der Waals surface area contributed by atoms with Crippen molar-refractivity contribution in [2.45, 2.75) is 39.5 Å².